The molecule has 0 saturated carbocycles. The van der Waals surface area contributed by atoms with E-state index in [-0.39, 0.29) is 25.1 Å². The van der Waals surface area contributed by atoms with Crippen molar-refractivity contribution in [3.8, 4) is 0 Å². The first-order valence-electron chi connectivity index (χ1n) is 5.63. The van der Waals surface area contributed by atoms with Gasteiger partial charge in [0, 0.05) is 17.4 Å². The molecule has 1 aromatic rings. The first-order valence-corrected chi connectivity index (χ1v) is 6.44. The highest BCUT2D eigenvalue weighted by atomic mass is 32.1. The summed E-state index contributed by atoms with van der Waals surface area (Å²) in [6.07, 6.45) is 0.500. The zero-order valence-corrected chi connectivity index (χ0v) is 10.9. The van der Waals surface area contributed by atoms with Gasteiger partial charge in [-0.2, -0.15) is 0 Å². The number of thiophene rings is 1. The fourth-order valence-electron chi connectivity index (χ4n) is 1.67. The van der Waals surface area contributed by atoms with Crippen molar-refractivity contribution in [1.82, 2.24) is 0 Å². The van der Waals surface area contributed by atoms with E-state index in [2.05, 4.69) is 0 Å². The molecule has 0 bridgehead atoms. The van der Waals surface area contributed by atoms with Crippen LogP contribution in [-0.4, -0.2) is 36.0 Å². The summed E-state index contributed by atoms with van der Waals surface area (Å²) in [6.45, 7) is 4.02. The zero-order valence-electron chi connectivity index (χ0n) is 10.1. The third kappa shape index (κ3) is 3.52. The van der Waals surface area contributed by atoms with Crippen molar-refractivity contribution < 1.29 is 19.7 Å². The van der Waals surface area contributed by atoms with Gasteiger partial charge in [-0.05, 0) is 31.9 Å². The van der Waals surface area contributed by atoms with Crippen LogP contribution in [0.5, 0.6) is 0 Å². The fourth-order valence-corrected chi connectivity index (χ4v) is 2.86. The minimum absolute atomic E-state index is 0.0236. The van der Waals surface area contributed by atoms with Crippen LogP contribution in [0.1, 0.15) is 39.4 Å². The normalized spacial score (nSPS) is 12.5. The van der Waals surface area contributed by atoms with E-state index < -0.39 is 0 Å². The number of hydrogen-bond donors (Lipinski definition) is 2. The molecule has 1 unspecified atom stereocenters. The molecule has 2 N–H and O–H groups in total. The average molecular weight is 258 g/mol. The molecule has 96 valence electrons. The Morgan fingerprint density at radius 2 is 2.24 bits per heavy atom. The van der Waals surface area contributed by atoms with Crippen molar-refractivity contribution >= 4 is 17.3 Å². The minimum Gasteiger partial charge on any atom is -0.462 e. The molecule has 0 aliphatic rings. The van der Waals surface area contributed by atoms with Crippen LogP contribution in [0.4, 0.5) is 0 Å². The van der Waals surface area contributed by atoms with E-state index in [4.69, 9.17) is 9.84 Å². The SMILES string of the molecule is CCOC(=O)c1cc(C)c(C(CO)CCO)s1. The summed E-state index contributed by atoms with van der Waals surface area (Å²) in [5, 5.41) is 18.2. The van der Waals surface area contributed by atoms with Gasteiger partial charge >= 0.3 is 5.97 Å². The standard InChI is InChI=1S/C12H18O4S/c1-3-16-12(15)10-6-8(2)11(17-10)9(7-14)4-5-13/h6,9,13-14H,3-5,7H2,1-2H3. The summed E-state index contributed by atoms with van der Waals surface area (Å²) < 4.78 is 4.93. The second kappa shape index (κ2) is 6.74. The first kappa shape index (κ1) is 14.2. The third-order valence-corrected chi connectivity index (χ3v) is 3.88. The van der Waals surface area contributed by atoms with Crippen LogP contribution in [0.2, 0.25) is 0 Å². The van der Waals surface area contributed by atoms with Crippen LogP contribution >= 0.6 is 11.3 Å². The molecule has 4 nitrogen and oxygen atoms in total. The number of ether oxygens (including phenoxy) is 1. The van der Waals surface area contributed by atoms with E-state index in [0.29, 0.717) is 17.9 Å². The zero-order chi connectivity index (χ0) is 12.8. The highest BCUT2D eigenvalue weighted by Gasteiger charge is 2.19. The molecule has 0 spiro atoms. The Morgan fingerprint density at radius 1 is 1.53 bits per heavy atom. The number of hydrogen-bond acceptors (Lipinski definition) is 5. The van der Waals surface area contributed by atoms with Crippen LogP contribution < -0.4 is 0 Å². The fraction of sp³-hybridized carbons (Fsp3) is 0.583. The number of aliphatic hydroxyl groups is 2. The molecule has 0 aromatic carbocycles. The smallest absolute Gasteiger partial charge is 0.348 e. The lowest BCUT2D eigenvalue weighted by atomic mass is 10.0. The molecule has 1 aromatic heterocycles. The molecule has 0 fully saturated rings. The molecule has 5 heteroatoms. The molecular weight excluding hydrogens is 240 g/mol. The van der Waals surface area contributed by atoms with Crippen LogP contribution in [0.3, 0.4) is 0 Å². The first-order chi connectivity index (χ1) is 8.13. The van der Waals surface area contributed by atoms with Crippen LogP contribution in [0, 0.1) is 6.92 Å². The van der Waals surface area contributed by atoms with Gasteiger partial charge in [-0.25, -0.2) is 4.79 Å². The summed E-state index contributed by atoms with van der Waals surface area (Å²) in [5.74, 6) is -0.430. The molecule has 0 radical (unpaired) electrons. The van der Waals surface area contributed by atoms with Gasteiger partial charge in [0.05, 0.1) is 13.2 Å². The number of esters is 1. The van der Waals surface area contributed by atoms with Crippen LogP contribution in [0.15, 0.2) is 6.07 Å². The van der Waals surface area contributed by atoms with Crippen molar-refractivity contribution in [2.24, 2.45) is 0 Å². The number of rotatable bonds is 6. The summed E-state index contributed by atoms with van der Waals surface area (Å²) in [7, 11) is 0. The second-order valence-electron chi connectivity index (χ2n) is 3.77. The molecule has 0 aliphatic heterocycles. The Hall–Kier alpha value is -0.910. The maximum atomic E-state index is 11.6. The minimum atomic E-state index is -0.326. The van der Waals surface area contributed by atoms with E-state index in [1.54, 1.807) is 13.0 Å². The molecule has 1 atom stereocenters. The summed E-state index contributed by atoms with van der Waals surface area (Å²) in [6, 6.07) is 1.78. The maximum absolute atomic E-state index is 11.6. The van der Waals surface area contributed by atoms with Crippen molar-refractivity contribution in [2.45, 2.75) is 26.2 Å². The van der Waals surface area contributed by atoms with E-state index in [1.807, 2.05) is 6.92 Å². The van der Waals surface area contributed by atoms with Gasteiger partial charge < -0.3 is 14.9 Å². The lowest BCUT2D eigenvalue weighted by Gasteiger charge is -2.11. The molecule has 17 heavy (non-hydrogen) atoms. The Labute approximate surface area is 105 Å². The van der Waals surface area contributed by atoms with E-state index in [1.165, 1.54) is 11.3 Å². The Kier molecular flexibility index (Phi) is 5.61. The van der Waals surface area contributed by atoms with Gasteiger partial charge in [0.2, 0.25) is 0 Å². The predicted octanol–water partition coefficient (Wildman–Crippen LogP) is 1.69. The van der Waals surface area contributed by atoms with Crippen molar-refractivity contribution in [2.75, 3.05) is 19.8 Å². The Balaban J connectivity index is 2.90. The average Bonchev–Trinajstić information content (AvgIpc) is 2.69. The summed E-state index contributed by atoms with van der Waals surface area (Å²) >= 11 is 1.33. The monoisotopic (exact) mass is 258 g/mol. The lowest BCUT2D eigenvalue weighted by molar-refractivity contribution is 0.0532. The molecule has 0 amide bonds. The van der Waals surface area contributed by atoms with Gasteiger partial charge in [-0.1, -0.05) is 0 Å². The molecule has 1 heterocycles. The van der Waals surface area contributed by atoms with Crippen LogP contribution in [-0.2, 0) is 4.74 Å². The van der Waals surface area contributed by atoms with E-state index in [9.17, 15) is 9.90 Å². The highest BCUT2D eigenvalue weighted by molar-refractivity contribution is 7.14. The quantitative estimate of drug-likeness (QED) is 0.762. The van der Waals surface area contributed by atoms with Gasteiger partial charge in [0.25, 0.3) is 0 Å². The summed E-state index contributed by atoms with van der Waals surface area (Å²) in [4.78, 5) is 13.1. The Morgan fingerprint density at radius 3 is 2.76 bits per heavy atom. The van der Waals surface area contributed by atoms with Gasteiger partial charge in [0.15, 0.2) is 0 Å². The highest BCUT2D eigenvalue weighted by Crippen LogP contribution is 2.31. The topological polar surface area (TPSA) is 66.8 Å². The second-order valence-corrected chi connectivity index (χ2v) is 4.85. The van der Waals surface area contributed by atoms with Crippen LogP contribution in [0.25, 0.3) is 0 Å². The van der Waals surface area contributed by atoms with Gasteiger partial charge in [-0.15, -0.1) is 11.3 Å². The number of carbonyl (C=O) groups is 1. The van der Waals surface area contributed by atoms with E-state index in [0.717, 1.165) is 10.4 Å². The van der Waals surface area contributed by atoms with Crippen molar-refractivity contribution in [1.29, 1.82) is 0 Å². The molecule has 0 saturated heterocycles. The lowest BCUT2D eigenvalue weighted by Crippen LogP contribution is -2.05. The molecule has 1 rings (SSSR count). The Bertz CT molecular complexity index is 373. The third-order valence-electron chi connectivity index (χ3n) is 2.50. The number of aryl methyl sites for hydroxylation is 1. The van der Waals surface area contributed by atoms with Gasteiger partial charge in [0.1, 0.15) is 4.88 Å². The number of carbonyl (C=O) groups excluding carboxylic acids is 1. The summed E-state index contributed by atoms with van der Waals surface area (Å²) in [5.41, 5.74) is 0.963. The number of aliphatic hydroxyl groups excluding tert-OH is 2. The molecular formula is C12H18O4S. The largest absolute Gasteiger partial charge is 0.462 e. The van der Waals surface area contributed by atoms with Crippen molar-refractivity contribution in [3.05, 3.63) is 21.4 Å². The van der Waals surface area contributed by atoms with Gasteiger partial charge in [-0.3, -0.25) is 0 Å². The predicted molar refractivity (Wildman–Crippen MR) is 66.5 cm³/mol. The van der Waals surface area contributed by atoms with E-state index >= 15 is 0 Å². The maximum Gasteiger partial charge on any atom is 0.348 e. The molecule has 0 aliphatic carbocycles. The van der Waals surface area contributed by atoms with Crippen molar-refractivity contribution in [3.63, 3.8) is 0 Å².